The molecule has 1 aromatic rings. The van der Waals surface area contributed by atoms with Crippen molar-refractivity contribution in [1.29, 1.82) is 0 Å². The molecule has 20 heavy (non-hydrogen) atoms. The molecule has 0 bridgehead atoms. The first-order chi connectivity index (χ1) is 9.65. The fraction of sp³-hybridized carbons (Fsp3) is 0.562. The molecule has 0 aromatic heterocycles. The van der Waals surface area contributed by atoms with Crippen molar-refractivity contribution in [2.24, 2.45) is 11.7 Å². The van der Waals surface area contributed by atoms with Gasteiger partial charge in [0.15, 0.2) is 0 Å². The van der Waals surface area contributed by atoms with E-state index in [1.165, 1.54) is 32.1 Å². The second-order valence-corrected chi connectivity index (χ2v) is 5.75. The molecule has 0 aliphatic heterocycles. The van der Waals surface area contributed by atoms with Crippen LogP contribution in [0.25, 0.3) is 0 Å². The Morgan fingerprint density at radius 3 is 2.50 bits per heavy atom. The first kappa shape index (κ1) is 14.9. The third kappa shape index (κ3) is 4.53. The Labute approximate surface area is 121 Å². The van der Waals surface area contributed by atoms with E-state index in [0.717, 1.165) is 17.8 Å². The maximum absolute atomic E-state index is 11.8. The Bertz CT molecular complexity index is 422. The average Bonchev–Trinajstić information content (AvgIpc) is 2.47. The molecule has 1 atom stereocenters. The molecule has 0 spiro atoms. The molecule has 0 saturated heterocycles. The van der Waals surface area contributed by atoms with Gasteiger partial charge in [-0.3, -0.25) is 0 Å². The fourth-order valence-electron chi connectivity index (χ4n) is 2.67. The first-order valence-electron chi connectivity index (χ1n) is 7.55. The molecule has 110 valence electrons. The number of rotatable bonds is 4. The monoisotopic (exact) mass is 275 g/mol. The van der Waals surface area contributed by atoms with Crippen LogP contribution in [0.15, 0.2) is 24.3 Å². The van der Waals surface area contributed by atoms with Crippen molar-refractivity contribution < 1.29 is 4.79 Å². The van der Waals surface area contributed by atoms with Gasteiger partial charge < -0.3 is 16.4 Å². The second kappa shape index (κ2) is 7.29. The van der Waals surface area contributed by atoms with E-state index in [2.05, 4.69) is 10.6 Å². The van der Waals surface area contributed by atoms with Crippen molar-refractivity contribution in [2.75, 3.05) is 11.9 Å². The number of carbonyl (C=O) groups is 1. The summed E-state index contributed by atoms with van der Waals surface area (Å²) < 4.78 is 0. The number of amides is 2. The highest BCUT2D eigenvalue weighted by molar-refractivity contribution is 5.89. The zero-order chi connectivity index (χ0) is 14.4. The van der Waals surface area contributed by atoms with Gasteiger partial charge in [-0.2, -0.15) is 0 Å². The summed E-state index contributed by atoms with van der Waals surface area (Å²) in [5.41, 5.74) is 7.66. The van der Waals surface area contributed by atoms with Gasteiger partial charge in [0, 0.05) is 18.3 Å². The molecule has 1 fully saturated rings. The van der Waals surface area contributed by atoms with Crippen LogP contribution in [-0.4, -0.2) is 12.6 Å². The van der Waals surface area contributed by atoms with Crippen LogP contribution in [-0.2, 0) is 0 Å². The van der Waals surface area contributed by atoms with Crippen molar-refractivity contribution >= 4 is 11.7 Å². The van der Waals surface area contributed by atoms with Crippen molar-refractivity contribution in [3.63, 3.8) is 0 Å². The highest BCUT2D eigenvalue weighted by atomic mass is 16.2. The van der Waals surface area contributed by atoms with Crippen LogP contribution in [0.2, 0.25) is 0 Å². The Morgan fingerprint density at radius 2 is 1.90 bits per heavy atom. The number of urea groups is 1. The van der Waals surface area contributed by atoms with E-state index in [9.17, 15) is 4.79 Å². The number of hydrogen-bond donors (Lipinski definition) is 3. The predicted octanol–water partition coefficient (Wildman–Crippen LogP) is 3.41. The van der Waals surface area contributed by atoms with Crippen LogP contribution < -0.4 is 16.4 Å². The van der Waals surface area contributed by atoms with Crippen LogP contribution in [0.1, 0.15) is 50.6 Å². The van der Waals surface area contributed by atoms with Crippen LogP contribution >= 0.6 is 0 Å². The SMILES string of the molecule is CC(N)c1ccc(NC(=O)NCC2CCCCC2)cc1. The van der Waals surface area contributed by atoms with E-state index in [1.807, 2.05) is 31.2 Å². The summed E-state index contributed by atoms with van der Waals surface area (Å²) >= 11 is 0. The summed E-state index contributed by atoms with van der Waals surface area (Å²) in [6.45, 7) is 2.73. The van der Waals surface area contributed by atoms with E-state index >= 15 is 0 Å². The van der Waals surface area contributed by atoms with Crippen LogP contribution in [0.4, 0.5) is 10.5 Å². The molecule has 1 aliphatic carbocycles. The van der Waals surface area contributed by atoms with Crippen molar-refractivity contribution in [2.45, 2.75) is 45.1 Å². The lowest BCUT2D eigenvalue weighted by molar-refractivity contribution is 0.247. The minimum Gasteiger partial charge on any atom is -0.338 e. The molecular weight excluding hydrogens is 250 g/mol. The lowest BCUT2D eigenvalue weighted by atomic mass is 9.89. The van der Waals surface area contributed by atoms with Gasteiger partial charge in [-0.05, 0) is 43.4 Å². The van der Waals surface area contributed by atoms with Crippen molar-refractivity contribution in [1.82, 2.24) is 5.32 Å². The van der Waals surface area contributed by atoms with E-state index in [0.29, 0.717) is 5.92 Å². The topological polar surface area (TPSA) is 67.1 Å². The smallest absolute Gasteiger partial charge is 0.319 e. The van der Waals surface area contributed by atoms with E-state index in [-0.39, 0.29) is 12.1 Å². The Morgan fingerprint density at radius 1 is 1.25 bits per heavy atom. The Kier molecular flexibility index (Phi) is 5.41. The van der Waals surface area contributed by atoms with Gasteiger partial charge in [-0.1, -0.05) is 31.4 Å². The van der Waals surface area contributed by atoms with Gasteiger partial charge in [0.2, 0.25) is 0 Å². The molecule has 2 amide bonds. The highest BCUT2D eigenvalue weighted by Crippen LogP contribution is 2.22. The molecule has 0 heterocycles. The fourth-order valence-corrected chi connectivity index (χ4v) is 2.67. The summed E-state index contributed by atoms with van der Waals surface area (Å²) in [5.74, 6) is 0.648. The van der Waals surface area contributed by atoms with E-state index in [4.69, 9.17) is 5.73 Å². The second-order valence-electron chi connectivity index (χ2n) is 5.75. The zero-order valence-electron chi connectivity index (χ0n) is 12.2. The van der Waals surface area contributed by atoms with Gasteiger partial charge in [-0.25, -0.2) is 4.79 Å². The lowest BCUT2D eigenvalue weighted by Gasteiger charge is -2.21. The minimum absolute atomic E-state index is 0.0178. The molecule has 4 heteroatoms. The molecule has 1 unspecified atom stereocenters. The zero-order valence-corrected chi connectivity index (χ0v) is 12.2. The molecule has 2 rings (SSSR count). The Hall–Kier alpha value is -1.55. The number of carbonyl (C=O) groups excluding carboxylic acids is 1. The number of anilines is 1. The molecule has 1 saturated carbocycles. The average molecular weight is 275 g/mol. The summed E-state index contributed by atoms with van der Waals surface area (Å²) in [6, 6.07) is 7.56. The van der Waals surface area contributed by atoms with Gasteiger partial charge in [0.05, 0.1) is 0 Å². The molecule has 0 radical (unpaired) electrons. The largest absolute Gasteiger partial charge is 0.338 e. The summed E-state index contributed by atoms with van der Waals surface area (Å²) in [4.78, 5) is 11.8. The van der Waals surface area contributed by atoms with E-state index < -0.39 is 0 Å². The van der Waals surface area contributed by atoms with Crippen molar-refractivity contribution in [3.8, 4) is 0 Å². The molecular formula is C16H25N3O. The first-order valence-corrected chi connectivity index (χ1v) is 7.55. The third-order valence-corrected chi connectivity index (χ3v) is 3.97. The summed E-state index contributed by atoms with van der Waals surface area (Å²) in [6.07, 6.45) is 6.42. The highest BCUT2D eigenvalue weighted by Gasteiger charge is 2.14. The van der Waals surface area contributed by atoms with Crippen LogP contribution in [0.3, 0.4) is 0 Å². The predicted molar refractivity (Wildman–Crippen MR) is 82.6 cm³/mol. The van der Waals surface area contributed by atoms with E-state index in [1.54, 1.807) is 0 Å². The van der Waals surface area contributed by atoms with Crippen molar-refractivity contribution in [3.05, 3.63) is 29.8 Å². The maximum atomic E-state index is 11.8. The van der Waals surface area contributed by atoms with Gasteiger partial charge >= 0.3 is 6.03 Å². The lowest BCUT2D eigenvalue weighted by Crippen LogP contribution is -2.33. The van der Waals surface area contributed by atoms with Gasteiger partial charge in [-0.15, -0.1) is 0 Å². The maximum Gasteiger partial charge on any atom is 0.319 e. The standard InChI is InChI=1S/C16H25N3O/c1-12(17)14-7-9-15(10-8-14)19-16(20)18-11-13-5-3-2-4-6-13/h7-10,12-13H,2-6,11,17H2,1H3,(H2,18,19,20). The number of hydrogen-bond acceptors (Lipinski definition) is 2. The Balaban J connectivity index is 1.75. The molecule has 4 nitrogen and oxygen atoms in total. The normalized spacial score (nSPS) is 17.5. The molecule has 4 N–H and O–H groups in total. The number of nitrogens with one attached hydrogen (secondary N) is 2. The third-order valence-electron chi connectivity index (χ3n) is 3.97. The summed E-state index contributed by atoms with van der Waals surface area (Å²) in [5, 5.41) is 5.82. The quantitative estimate of drug-likeness (QED) is 0.788. The van der Waals surface area contributed by atoms with Crippen LogP contribution in [0, 0.1) is 5.92 Å². The minimum atomic E-state index is -0.121. The van der Waals surface area contributed by atoms with Gasteiger partial charge in [0.25, 0.3) is 0 Å². The van der Waals surface area contributed by atoms with Crippen LogP contribution in [0.5, 0.6) is 0 Å². The number of benzene rings is 1. The molecule has 1 aliphatic rings. The number of nitrogens with two attached hydrogens (primary N) is 1. The van der Waals surface area contributed by atoms with Gasteiger partial charge in [0.1, 0.15) is 0 Å². The summed E-state index contributed by atoms with van der Waals surface area (Å²) in [7, 11) is 0. The molecule has 1 aromatic carbocycles.